The van der Waals surface area contributed by atoms with E-state index in [9.17, 15) is 5.11 Å². The molecule has 17 heavy (non-hydrogen) atoms. The van der Waals surface area contributed by atoms with E-state index < -0.39 is 0 Å². The van der Waals surface area contributed by atoms with Crippen molar-refractivity contribution in [2.45, 2.75) is 45.6 Å². The Hall–Kier alpha value is -0.380. The molecule has 0 aliphatic heterocycles. The second kappa shape index (κ2) is 5.98. The fraction of sp³-hybridized carbons (Fsp3) is 0.714. The molecule has 0 radical (unpaired) electrons. The highest BCUT2D eigenvalue weighted by atomic mass is 32.1. The van der Waals surface area contributed by atoms with Crippen LogP contribution in [0, 0.1) is 5.41 Å². The first-order valence-corrected chi connectivity index (χ1v) is 7.49. The number of rotatable bonds is 6. The van der Waals surface area contributed by atoms with Gasteiger partial charge >= 0.3 is 0 Å². The van der Waals surface area contributed by atoms with E-state index in [0.29, 0.717) is 6.61 Å². The molecule has 1 aliphatic carbocycles. The van der Waals surface area contributed by atoms with Crippen LogP contribution in [-0.4, -0.2) is 18.3 Å². The van der Waals surface area contributed by atoms with Crippen molar-refractivity contribution >= 4 is 11.3 Å². The average molecular weight is 253 g/mol. The summed E-state index contributed by atoms with van der Waals surface area (Å²) >= 11 is 1.90. The molecule has 2 nitrogen and oxygen atoms in total. The third kappa shape index (κ3) is 3.30. The van der Waals surface area contributed by atoms with Gasteiger partial charge in [-0.05, 0) is 31.4 Å². The van der Waals surface area contributed by atoms with Gasteiger partial charge in [0.05, 0.1) is 0 Å². The molecule has 0 atom stereocenters. The van der Waals surface area contributed by atoms with Gasteiger partial charge in [0.1, 0.15) is 0 Å². The maximum Gasteiger partial charge on any atom is 0.0499 e. The largest absolute Gasteiger partial charge is 0.396 e. The molecule has 1 heterocycles. The highest BCUT2D eigenvalue weighted by Gasteiger charge is 2.32. The first kappa shape index (κ1) is 13.1. The Labute approximate surface area is 108 Å². The molecule has 0 amide bonds. The standard InChI is InChI=1S/C14H23NOS/c1-2-12-5-6-13(17-12)9-15-10-14(11-16)7-3-4-8-14/h5-6,15-16H,2-4,7-11H2,1H3. The van der Waals surface area contributed by atoms with Gasteiger partial charge in [0.2, 0.25) is 0 Å². The minimum atomic E-state index is 0.171. The summed E-state index contributed by atoms with van der Waals surface area (Å²) in [4.78, 5) is 2.87. The molecule has 0 bridgehead atoms. The second-order valence-electron chi connectivity index (χ2n) is 5.19. The highest BCUT2D eigenvalue weighted by Crippen LogP contribution is 2.36. The number of hydrogen-bond donors (Lipinski definition) is 2. The molecular weight excluding hydrogens is 230 g/mol. The van der Waals surface area contributed by atoms with Crippen LogP contribution in [0.1, 0.15) is 42.4 Å². The molecule has 0 unspecified atom stereocenters. The van der Waals surface area contributed by atoms with Crippen molar-refractivity contribution < 1.29 is 5.11 Å². The normalized spacial score (nSPS) is 18.7. The van der Waals surface area contributed by atoms with Crippen LogP contribution in [0.3, 0.4) is 0 Å². The molecule has 96 valence electrons. The van der Waals surface area contributed by atoms with Crippen molar-refractivity contribution in [1.29, 1.82) is 0 Å². The van der Waals surface area contributed by atoms with Gasteiger partial charge in [0, 0.05) is 34.9 Å². The van der Waals surface area contributed by atoms with Gasteiger partial charge in [0.25, 0.3) is 0 Å². The molecule has 3 heteroatoms. The molecule has 0 spiro atoms. The summed E-state index contributed by atoms with van der Waals surface area (Å²) in [6, 6.07) is 4.44. The van der Waals surface area contributed by atoms with Crippen molar-refractivity contribution in [3.63, 3.8) is 0 Å². The Balaban J connectivity index is 1.78. The minimum absolute atomic E-state index is 0.171. The number of hydrogen-bond acceptors (Lipinski definition) is 3. The number of aliphatic hydroxyl groups excluding tert-OH is 1. The highest BCUT2D eigenvalue weighted by molar-refractivity contribution is 7.11. The lowest BCUT2D eigenvalue weighted by Crippen LogP contribution is -2.34. The molecular formula is C14H23NOS. The lowest BCUT2D eigenvalue weighted by Gasteiger charge is -2.26. The van der Waals surface area contributed by atoms with Crippen LogP contribution in [0.2, 0.25) is 0 Å². The van der Waals surface area contributed by atoms with Gasteiger partial charge in [-0.25, -0.2) is 0 Å². The van der Waals surface area contributed by atoms with E-state index in [2.05, 4.69) is 24.4 Å². The lowest BCUT2D eigenvalue weighted by molar-refractivity contribution is 0.128. The van der Waals surface area contributed by atoms with E-state index in [-0.39, 0.29) is 5.41 Å². The number of thiophene rings is 1. The molecule has 0 saturated heterocycles. The second-order valence-corrected chi connectivity index (χ2v) is 6.44. The van der Waals surface area contributed by atoms with Gasteiger partial charge in [-0.15, -0.1) is 11.3 Å². The zero-order valence-electron chi connectivity index (χ0n) is 10.7. The SMILES string of the molecule is CCc1ccc(CNCC2(CO)CCCC2)s1. The summed E-state index contributed by atoms with van der Waals surface area (Å²) in [6.07, 6.45) is 6.05. The molecule has 1 aromatic heterocycles. The van der Waals surface area contributed by atoms with Crippen molar-refractivity contribution in [2.75, 3.05) is 13.2 Å². The van der Waals surface area contributed by atoms with E-state index in [0.717, 1.165) is 19.5 Å². The Morgan fingerprint density at radius 1 is 1.29 bits per heavy atom. The molecule has 2 rings (SSSR count). The monoisotopic (exact) mass is 253 g/mol. The van der Waals surface area contributed by atoms with Gasteiger partial charge in [-0.1, -0.05) is 19.8 Å². The average Bonchev–Trinajstić information content (AvgIpc) is 2.98. The third-order valence-electron chi connectivity index (χ3n) is 3.86. The fourth-order valence-electron chi connectivity index (χ4n) is 2.67. The summed E-state index contributed by atoms with van der Waals surface area (Å²) in [5.41, 5.74) is 0.171. The van der Waals surface area contributed by atoms with Crippen molar-refractivity contribution in [1.82, 2.24) is 5.32 Å². The quantitative estimate of drug-likeness (QED) is 0.817. The van der Waals surface area contributed by atoms with Gasteiger partial charge in [-0.3, -0.25) is 0 Å². The van der Waals surface area contributed by atoms with Gasteiger partial charge < -0.3 is 10.4 Å². The van der Waals surface area contributed by atoms with Crippen LogP contribution in [0.25, 0.3) is 0 Å². The van der Waals surface area contributed by atoms with Gasteiger partial charge in [-0.2, -0.15) is 0 Å². The summed E-state index contributed by atoms with van der Waals surface area (Å²) < 4.78 is 0. The zero-order valence-corrected chi connectivity index (χ0v) is 11.5. The van der Waals surface area contributed by atoms with E-state index in [4.69, 9.17) is 0 Å². The predicted molar refractivity (Wildman–Crippen MR) is 73.4 cm³/mol. The first-order valence-electron chi connectivity index (χ1n) is 6.67. The zero-order chi connectivity index (χ0) is 12.1. The first-order chi connectivity index (χ1) is 8.28. The molecule has 1 fully saturated rings. The predicted octanol–water partition coefficient (Wildman–Crippen LogP) is 2.95. The number of nitrogens with one attached hydrogen (secondary N) is 1. The van der Waals surface area contributed by atoms with Crippen LogP contribution in [0.5, 0.6) is 0 Å². The van der Waals surface area contributed by atoms with Crippen LogP contribution in [-0.2, 0) is 13.0 Å². The molecule has 1 aliphatic rings. The summed E-state index contributed by atoms with van der Waals surface area (Å²) in [6.45, 7) is 4.45. The fourth-order valence-corrected chi connectivity index (χ4v) is 3.60. The van der Waals surface area contributed by atoms with E-state index in [1.165, 1.54) is 35.4 Å². The van der Waals surface area contributed by atoms with Crippen molar-refractivity contribution in [3.8, 4) is 0 Å². The number of aliphatic hydroxyl groups is 1. The smallest absolute Gasteiger partial charge is 0.0499 e. The molecule has 1 aromatic rings. The Kier molecular flexibility index (Phi) is 4.60. The summed E-state index contributed by atoms with van der Waals surface area (Å²) in [7, 11) is 0. The summed E-state index contributed by atoms with van der Waals surface area (Å²) in [5.74, 6) is 0. The number of aryl methyl sites for hydroxylation is 1. The molecule has 0 aromatic carbocycles. The van der Waals surface area contributed by atoms with Crippen LogP contribution >= 0.6 is 11.3 Å². The Morgan fingerprint density at radius 2 is 2.00 bits per heavy atom. The third-order valence-corrected chi connectivity index (χ3v) is 5.09. The summed E-state index contributed by atoms with van der Waals surface area (Å²) in [5, 5.41) is 13.0. The van der Waals surface area contributed by atoms with Crippen LogP contribution < -0.4 is 5.32 Å². The minimum Gasteiger partial charge on any atom is -0.396 e. The van der Waals surface area contributed by atoms with Crippen LogP contribution in [0.4, 0.5) is 0 Å². The Morgan fingerprint density at radius 3 is 2.59 bits per heavy atom. The van der Waals surface area contributed by atoms with E-state index in [1.807, 2.05) is 11.3 Å². The van der Waals surface area contributed by atoms with Crippen molar-refractivity contribution in [3.05, 3.63) is 21.9 Å². The molecule has 2 N–H and O–H groups in total. The van der Waals surface area contributed by atoms with E-state index in [1.54, 1.807) is 0 Å². The van der Waals surface area contributed by atoms with E-state index >= 15 is 0 Å². The maximum absolute atomic E-state index is 9.52. The van der Waals surface area contributed by atoms with Crippen molar-refractivity contribution in [2.24, 2.45) is 5.41 Å². The topological polar surface area (TPSA) is 32.3 Å². The van der Waals surface area contributed by atoms with Gasteiger partial charge in [0.15, 0.2) is 0 Å². The Bertz CT molecular complexity index is 342. The molecule has 1 saturated carbocycles. The van der Waals surface area contributed by atoms with Crippen LogP contribution in [0.15, 0.2) is 12.1 Å². The maximum atomic E-state index is 9.52. The lowest BCUT2D eigenvalue weighted by atomic mass is 9.87.